The Bertz CT molecular complexity index is 547. The van der Waals surface area contributed by atoms with E-state index in [1.165, 1.54) is 0 Å². The van der Waals surface area contributed by atoms with Gasteiger partial charge < -0.3 is 5.32 Å². The van der Waals surface area contributed by atoms with Crippen molar-refractivity contribution in [2.75, 3.05) is 12.4 Å². The first-order chi connectivity index (χ1) is 7.26. The van der Waals surface area contributed by atoms with Crippen LogP contribution in [0.1, 0.15) is 6.92 Å². The van der Waals surface area contributed by atoms with Crippen molar-refractivity contribution >= 4 is 16.7 Å². The summed E-state index contributed by atoms with van der Waals surface area (Å²) in [7, 11) is 1.80. The lowest BCUT2D eigenvalue weighted by atomic mass is 10.3. The molecule has 0 unspecified atom stereocenters. The first-order valence-electron chi connectivity index (χ1n) is 4.79. The first-order valence-corrected chi connectivity index (χ1v) is 4.79. The zero-order valence-corrected chi connectivity index (χ0v) is 8.69. The van der Waals surface area contributed by atoms with E-state index in [1.807, 2.05) is 13.0 Å². The molecule has 0 saturated carbocycles. The average molecular weight is 204 g/mol. The van der Waals surface area contributed by atoms with Crippen molar-refractivity contribution in [3.05, 3.63) is 28.9 Å². The lowest BCUT2D eigenvalue weighted by Crippen LogP contribution is -2.22. The Morgan fingerprint density at radius 2 is 2.13 bits per heavy atom. The Balaban J connectivity index is 2.82. The summed E-state index contributed by atoms with van der Waals surface area (Å²) in [6.45, 7) is 2.53. The summed E-state index contributed by atoms with van der Waals surface area (Å²) >= 11 is 0. The van der Waals surface area contributed by atoms with E-state index >= 15 is 0 Å². The molecule has 78 valence electrons. The molecule has 15 heavy (non-hydrogen) atoms. The van der Waals surface area contributed by atoms with Crippen LogP contribution in [0.3, 0.4) is 0 Å². The molecule has 2 rings (SSSR count). The van der Waals surface area contributed by atoms with Crippen LogP contribution in [0, 0.1) is 0 Å². The van der Waals surface area contributed by atoms with Crippen LogP contribution in [0.5, 0.6) is 0 Å². The SMILES string of the molecule is CCn1c(=O)ncc2cnc(NC)cc21. The summed E-state index contributed by atoms with van der Waals surface area (Å²) in [5.74, 6) is 0.746. The van der Waals surface area contributed by atoms with Gasteiger partial charge in [-0.05, 0) is 6.92 Å². The quantitative estimate of drug-likeness (QED) is 0.788. The molecule has 2 heterocycles. The van der Waals surface area contributed by atoms with Crippen LogP contribution >= 0.6 is 0 Å². The normalized spacial score (nSPS) is 10.5. The number of nitrogens with one attached hydrogen (secondary N) is 1. The standard InChI is InChI=1S/C10H12N4O/c1-3-14-8-4-9(11-2)12-5-7(8)6-13-10(14)15/h4-6H,3H2,1-2H3,(H,11,12). The van der Waals surface area contributed by atoms with Gasteiger partial charge in [0.15, 0.2) is 0 Å². The zero-order valence-electron chi connectivity index (χ0n) is 8.69. The molecule has 0 atom stereocenters. The molecular formula is C10H12N4O. The number of aryl methyl sites for hydroxylation is 1. The fraction of sp³-hybridized carbons (Fsp3) is 0.300. The maximum absolute atomic E-state index is 11.5. The summed E-state index contributed by atoms with van der Waals surface area (Å²) in [5, 5.41) is 3.81. The summed E-state index contributed by atoms with van der Waals surface area (Å²) in [6, 6.07) is 1.85. The van der Waals surface area contributed by atoms with Gasteiger partial charge >= 0.3 is 5.69 Å². The highest BCUT2D eigenvalue weighted by molar-refractivity contribution is 5.79. The predicted molar refractivity (Wildman–Crippen MR) is 59.0 cm³/mol. The number of anilines is 1. The molecule has 1 N–H and O–H groups in total. The third-order valence-electron chi connectivity index (χ3n) is 2.32. The molecule has 0 fully saturated rings. The molecule has 5 heteroatoms. The number of fused-ring (bicyclic) bond motifs is 1. The minimum Gasteiger partial charge on any atom is -0.373 e. The van der Waals surface area contributed by atoms with Crippen molar-refractivity contribution in [2.24, 2.45) is 0 Å². The Morgan fingerprint density at radius 3 is 2.80 bits per heavy atom. The van der Waals surface area contributed by atoms with Gasteiger partial charge in [-0.25, -0.2) is 14.8 Å². The van der Waals surface area contributed by atoms with Gasteiger partial charge in [-0.2, -0.15) is 0 Å². The highest BCUT2D eigenvalue weighted by atomic mass is 16.1. The minimum absolute atomic E-state index is 0.224. The molecule has 5 nitrogen and oxygen atoms in total. The van der Waals surface area contributed by atoms with Gasteiger partial charge in [0.1, 0.15) is 5.82 Å². The van der Waals surface area contributed by atoms with E-state index in [-0.39, 0.29) is 5.69 Å². The fourth-order valence-electron chi connectivity index (χ4n) is 1.53. The smallest absolute Gasteiger partial charge is 0.347 e. The molecule has 2 aromatic heterocycles. The van der Waals surface area contributed by atoms with Crippen molar-refractivity contribution in [2.45, 2.75) is 13.5 Å². The van der Waals surface area contributed by atoms with Crippen molar-refractivity contribution < 1.29 is 0 Å². The van der Waals surface area contributed by atoms with Gasteiger partial charge in [0.05, 0.1) is 5.52 Å². The van der Waals surface area contributed by atoms with Crippen LogP contribution < -0.4 is 11.0 Å². The molecule has 0 aromatic carbocycles. The third-order valence-corrected chi connectivity index (χ3v) is 2.32. The van der Waals surface area contributed by atoms with Crippen molar-refractivity contribution in [3.8, 4) is 0 Å². The second kappa shape index (κ2) is 3.68. The van der Waals surface area contributed by atoms with Crippen molar-refractivity contribution in [1.29, 1.82) is 0 Å². The molecule has 0 spiro atoms. The highest BCUT2D eigenvalue weighted by Gasteiger charge is 2.03. The molecule has 0 aliphatic rings. The average Bonchev–Trinajstić information content (AvgIpc) is 2.28. The second-order valence-corrected chi connectivity index (χ2v) is 3.16. The summed E-state index contributed by atoms with van der Waals surface area (Å²) < 4.78 is 1.62. The van der Waals surface area contributed by atoms with Crippen LogP contribution in [0.2, 0.25) is 0 Å². The Kier molecular flexibility index (Phi) is 2.37. The van der Waals surface area contributed by atoms with E-state index in [9.17, 15) is 4.79 Å². The van der Waals surface area contributed by atoms with Crippen molar-refractivity contribution in [3.63, 3.8) is 0 Å². The van der Waals surface area contributed by atoms with E-state index < -0.39 is 0 Å². The topological polar surface area (TPSA) is 59.8 Å². The van der Waals surface area contributed by atoms with Crippen LogP contribution in [-0.4, -0.2) is 21.6 Å². The van der Waals surface area contributed by atoms with Crippen molar-refractivity contribution in [1.82, 2.24) is 14.5 Å². The highest BCUT2D eigenvalue weighted by Crippen LogP contribution is 2.13. The first kappa shape index (κ1) is 9.64. The molecule has 0 saturated heterocycles. The Hall–Kier alpha value is -1.91. The van der Waals surface area contributed by atoms with Gasteiger partial charge in [-0.15, -0.1) is 0 Å². The lowest BCUT2D eigenvalue weighted by molar-refractivity contribution is 0.731. The number of aromatic nitrogens is 3. The van der Waals surface area contributed by atoms with Gasteiger partial charge in [0.2, 0.25) is 0 Å². The van der Waals surface area contributed by atoms with Crippen LogP contribution in [0.15, 0.2) is 23.3 Å². The van der Waals surface area contributed by atoms with Gasteiger partial charge in [-0.3, -0.25) is 4.57 Å². The molecular weight excluding hydrogens is 192 g/mol. The monoisotopic (exact) mass is 204 g/mol. The lowest BCUT2D eigenvalue weighted by Gasteiger charge is -2.07. The fourth-order valence-corrected chi connectivity index (χ4v) is 1.53. The third kappa shape index (κ3) is 1.56. The minimum atomic E-state index is -0.224. The molecule has 0 radical (unpaired) electrons. The van der Waals surface area contributed by atoms with Gasteiger partial charge in [0, 0.05) is 37.4 Å². The molecule has 0 bridgehead atoms. The molecule has 0 aliphatic carbocycles. The number of hydrogen-bond acceptors (Lipinski definition) is 4. The van der Waals surface area contributed by atoms with E-state index in [4.69, 9.17) is 0 Å². The van der Waals surface area contributed by atoms with Gasteiger partial charge in [0.25, 0.3) is 0 Å². The second-order valence-electron chi connectivity index (χ2n) is 3.16. The maximum atomic E-state index is 11.5. The van der Waals surface area contributed by atoms with Crippen LogP contribution in [0.4, 0.5) is 5.82 Å². The predicted octanol–water partition coefficient (Wildman–Crippen LogP) is 0.853. The molecule has 0 amide bonds. The summed E-state index contributed by atoms with van der Waals surface area (Å²) in [5.41, 5.74) is 0.634. The summed E-state index contributed by atoms with van der Waals surface area (Å²) in [6.07, 6.45) is 3.26. The Labute approximate surface area is 86.8 Å². The largest absolute Gasteiger partial charge is 0.373 e. The number of hydrogen-bond donors (Lipinski definition) is 1. The van der Waals surface area contributed by atoms with E-state index in [0.29, 0.717) is 6.54 Å². The number of nitrogens with zero attached hydrogens (tertiary/aromatic N) is 3. The maximum Gasteiger partial charge on any atom is 0.347 e. The Morgan fingerprint density at radius 1 is 1.40 bits per heavy atom. The number of rotatable bonds is 2. The molecule has 2 aromatic rings. The molecule has 0 aliphatic heterocycles. The van der Waals surface area contributed by atoms with E-state index in [2.05, 4.69) is 15.3 Å². The van der Waals surface area contributed by atoms with E-state index in [0.717, 1.165) is 16.7 Å². The zero-order chi connectivity index (χ0) is 10.8. The van der Waals surface area contributed by atoms with Gasteiger partial charge in [-0.1, -0.05) is 0 Å². The van der Waals surface area contributed by atoms with Crippen LogP contribution in [0.25, 0.3) is 10.9 Å². The van der Waals surface area contributed by atoms with Crippen LogP contribution in [-0.2, 0) is 6.54 Å². The summed E-state index contributed by atoms with van der Waals surface area (Å²) in [4.78, 5) is 19.4. The van der Waals surface area contributed by atoms with E-state index in [1.54, 1.807) is 24.0 Å². The number of pyridine rings is 1.